The molecular formula is C13H18ClNO. The summed E-state index contributed by atoms with van der Waals surface area (Å²) in [6.07, 6.45) is 1.21. The first-order valence-electron chi connectivity index (χ1n) is 5.77. The smallest absolute Gasteiger partial charge is 0.119 e. The van der Waals surface area contributed by atoms with Crippen LogP contribution in [0.5, 0.6) is 5.75 Å². The van der Waals surface area contributed by atoms with E-state index in [0.29, 0.717) is 5.92 Å². The lowest BCUT2D eigenvalue weighted by Gasteiger charge is -2.13. The molecule has 1 aliphatic heterocycles. The summed E-state index contributed by atoms with van der Waals surface area (Å²) in [6, 6.07) is 4.02. The van der Waals surface area contributed by atoms with E-state index in [1.807, 2.05) is 26.0 Å². The fourth-order valence-corrected chi connectivity index (χ4v) is 2.17. The monoisotopic (exact) mass is 239 g/mol. The maximum atomic E-state index is 6.11. The minimum atomic E-state index is 0.649. The molecule has 0 bridgehead atoms. The first-order valence-corrected chi connectivity index (χ1v) is 6.15. The zero-order valence-corrected chi connectivity index (χ0v) is 10.6. The number of nitrogens with one attached hydrogen (secondary N) is 1. The zero-order chi connectivity index (χ0) is 11.5. The van der Waals surface area contributed by atoms with Gasteiger partial charge in [-0.1, -0.05) is 11.6 Å². The van der Waals surface area contributed by atoms with Crippen molar-refractivity contribution in [3.63, 3.8) is 0 Å². The van der Waals surface area contributed by atoms with E-state index in [9.17, 15) is 0 Å². The lowest BCUT2D eigenvalue weighted by atomic mass is 10.1. The van der Waals surface area contributed by atoms with Crippen LogP contribution in [0, 0.1) is 19.8 Å². The number of hydrogen-bond donors (Lipinski definition) is 1. The lowest BCUT2D eigenvalue weighted by Crippen LogP contribution is -2.15. The zero-order valence-electron chi connectivity index (χ0n) is 9.85. The summed E-state index contributed by atoms with van der Waals surface area (Å²) in [5, 5.41) is 4.18. The van der Waals surface area contributed by atoms with Gasteiger partial charge in [-0.05, 0) is 50.1 Å². The van der Waals surface area contributed by atoms with Crippen molar-refractivity contribution in [2.75, 3.05) is 19.7 Å². The predicted octanol–water partition coefficient (Wildman–Crippen LogP) is 2.95. The topological polar surface area (TPSA) is 21.3 Å². The molecular weight excluding hydrogens is 222 g/mol. The maximum absolute atomic E-state index is 6.11. The van der Waals surface area contributed by atoms with Crippen LogP contribution in [0.1, 0.15) is 17.5 Å². The van der Waals surface area contributed by atoms with Gasteiger partial charge in [-0.25, -0.2) is 0 Å². The van der Waals surface area contributed by atoms with Crippen LogP contribution in [-0.2, 0) is 0 Å². The van der Waals surface area contributed by atoms with Gasteiger partial charge in [0.2, 0.25) is 0 Å². The highest BCUT2D eigenvalue weighted by molar-refractivity contribution is 6.32. The molecule has 1 saturated heterocycles. The Morgan fingerprint density at radius 3 is 2.62 bits per heavy atom. The molecule has 0 saturated carbocycles. The number of hydrogen-bond acceptors (Lipinski definition) is 2. The van der Waals surface area contributed by atoms with Crippen molar-refractivity contribution in [1.82, 2.24) is 5.32 Å². The van der Waals surface area contributed by atoms with Gasteiger partial charge in [-0.15, -0.1) is 0 Å². The van der Waals surface area contributed by atoms with Gasteiger partial charge in [0.25, 0.3) is 0 Å². The first-order chi connectivity index (χ1) is 7.66. The van der Waals surface area contributed by atoms with Gasteiger partial charge in [-0.2, -0.15) is 0 Å². The number of rotatable bonds is 3. The summed E-state index contributed by atoms with van der Waals surface area (Å²) in [4.78, 5) is 0. The third kappa shape index (κ3) is 2.69. The number of benzene rings is 1. The molecule has 2 rings (SSSR count). The molecule has 1 aromatic rings. The second kappa shape index (κ2) is 5.07. The Bertz CT molecular complexity index is 349. The Hall–Kier alpha value is -0.730. The van der Waals surface area contributed by atoms with Gasteiger partial charge in [0.05, 0.1) is 6.61 Å². The lowest BCUT2D eigenvalue weighted by molar-refractivity contribution is 0.260. The van der Waals surface area contributed by atoms with Crippen molar-refractivity contribution in [2.45, 2.75) is 20.3 Å². The maximum Gasteiger partial charge on any atom is 0.119 e. The van der Waals surface area contributed by atoms with Crippen LogP contribution in [-0.4, -0.2) is 19.7 Å². The second-order valence-electron chi connectivity index (χ2n) is 4.54. The number of ether oxygens (including phenoxy) is 1. The Morgan fingerprint density at radius 2 is 2.06 bits per heavy atom. The largest absolute Gasteiger partial charge is 0.493 e. The average Bonchev–Trinajstić information content (AvgIpc) is 2.75. The Morgan fingerprint density at radius 1 is 1.38 bits per heavy atom. The summed E-state index contributed by atoms with van der Waals surface area (Å²) in [7, 11) is 0. The van der Waals surface area contributed by atoms with E-state index in [1.165, 1.54) is 6.42 Å². The fourth-order valence-electron chi connectivity index (χ4n) is 2.06. The van der Waals surface area contributed by atoms with E-state index in [4.69, 9.17) is 16.3 Å². The molecule has 0 unspecified atom stereocenters. The highest BCUT2D eigenvalue weighted by Gasteiger charge is 2.15. The van der Waals surface area contributed by atoms with Gasteiger partial charge in [0, 0.05) is 17.5 Å². The third-order valence-corrected chi connectivity index (χ3v) is 3.65. The molecule has 1 fully saturated rings. The molecule has 0 radical (unpaired) electrons. The van der Waals surface area contributed by atoms with Crippen LogP contribution >= 0.6 is 11.6 Å². The third-order valence-electron chi connectivity index (χ3n) is 3.06. The number of aryl methyl sites for hydroxylation is 2. The Labute approximate surface area is 102 Å². The quantitative estimate of drug-likeness (QED) is 0.876. The van der Waals surface area contributed by atoms with Crippen molar-refractivity contribution >= 4 is 11.6 Å². The molecule has 1 N–H and O–H groups in total. The molecule has 0 aromatic heterocycles. The SMILES string of the molecule is Cc1cc(OC[C@H]2CCNC2)cc(C)c1Cl. The van der Waals surface area contributed by atoms with Gasteiger partial charge in [-0.3, -0.25) is 0 Å². The van der Waals surface area contributed by atoms with Crippen molar-refractivity contribution < 1.29 is 4.74 Å². The predicted molar refractivity (Wildman–Crippen MR) is 67.4 cm³/mol. The molecule has 2 nitrogen and oxygen atoms in total. The molecule has 3 heteroatoms. The molecule has 1 heterocycles. The van der Waals surface area contributed by atoms with E-state index in [2.05, 4.69) is 5.32 Å². The van der Waals surface area contributed by atoms with E-state index in [-0.39, 0.29) is 0 Å². The van der Waals surface area contributed by atoms with Gasteiger partial charge in [0.15, 0.2) is 0 Å². The Balaban J connectivity index is 1.98. The first kappa shape index (κ1) is 11.7. The van der Waals surface area contributed by atoms with E-state index >= 15 is 0 Å². The van der Waals surface area contributed by atoms with Gasteiger partial charge < -0.3 is 10.1 Å². The highest BCUT2D eigenvalue weighted by atomic mass is 35.5. The summed E-state index contributed by atoms with van der Waals surface area (Å²) < 4.78 is 5.81. The normalized spacial score (nSPS) is 20.1. The minimum Gasteiger partial charge on any atom is -0.493 e. The van der Waals surface area contributed by atoms with Gasteiger partial charge >= 0.3 is 0 Å². The molecule has 0 aliphatic carbocycles. The highest BCUT2D eigenvalue weighted by Crippen LogP contribution is 2.26. The van der Waals surface area contributed by atoms with Gasteiger partial charge in [0.1, 0.15) is 5.75 Å². The van der Waals surface area contributed by atoms with Crippen LogP contribution in [0.2, 0.25) is 5.02 Å². The molecule has 0 amide bonds. The molecule has 1 aliphatic rings. The van der Waals surface area contributed by atoms with Crippen molar-refractivity contribution in [3.8, 4) is 5.75 Å². The average molecular weight is 240 g/mol. The molecule has 0 spiro atoms. The second-order valence-corrected chi connectivity index (χ2v) is 4.92. The van der Waals surface area contributed by atoms with E-state index in [1.54, 1.807) is 0 Å². The standard InChI is InChI=1S/C13H18ClNO/c1-9-5-12(6-10(2)13(9)14)16-8-11-3-4-15-7-11/h5-6,11,15H,3-4,7-8H2,1-2H3/t11-/m0/s1. The van der Waals surface area contributed by atoms with E-state index in [0.717, 1.165) is 41.6 Å². The molecule has 88 valence electrons. The molecule has 1 atom stereocenters. The van der Waals surface area contributed by atoms with Crippen molar-refractivity contribution in [1.29, 1.82) is 0 Å². The van der Waals surface area contributed by atoms with Crippen LogP contribution in [0.4, 0.5) is 0 Å². The van der Waals surface area contributed by atoms with Crippen LogP contribution < -0.4 is 10.1 Å². The fraction of sp³-hybridized carbons (Fsp3) is 0.538. The molecule has 16 heavy (non-hydrogen) atoms. The summed E-state index contributed by atoms with van der Waals surface area (Å²) in [5.74, 6) is 1.59. The molecule has 1 aromatic carbocycles. The summed E-state index contributed by atoms with van der Waals surface area (Å²) in [6.45, 7) is 7.02. The number of halogens is 1. The summed E-state index contributed by atoms with van der Waals surface area (Å²) >= 11 is 6.11. The minimum absolute atomic E-state index is 0.649. The van der Waals surface area contributed by atoms with Crippen LogP contribution in [0.15, 0.2) is 12.1 Å². The van der Waals surface area contributed by atoms with Crippen LogP contribution in [0.3, 0.4) is 0 Å². The Kier molecular flexibility index (Phi) is 3.72. The summed E-state index contributed by atoms with van der Waals surface area (Å²) in [5.41, 5.74) is 2.17. The van der Waals surface area contributed by atoms with Crippen molar-refractivity contribution in [3.05, 3.63) is 28.3 Å². The van der Waals surface area contributed by atoms with E-state index < -0.39 is 0 Å². The van der Waals surface area contributed by atoms with Crippen molar-refractivity contribution in [2.24, 2.45) is 5.92 Å². The van der Waals surface area contributed by atoms with Crippen LogP contribution in [0.25, 0.3) is 0 Å².